The van der Waals surface area contributed by atoms with Crippen LogP contribution in [0.1, 0.15) is 35.7 Å². The molecule has 1 aromatic carbocycles. The molecule has 3 nitrogen and oxygen atoms in total. The van der Waals surface area contributed by atoms with Gasteiger partial charge in [0.25, 0.3) is 5.91 Å². The fourth-order valence-corrected chi connectivity index (χ4v) is 3.06. The molecule has 0 bridgehead atoms. The van der Waals surface area contributed by atoms with Gasteiger partial charge in [0, 0.05) is 24.2 Å². The molecule has 2 rings (SSSR count). The highest BCUT2D eigenvalue weighted by Gasteiger charge is 2.31. The highest BCUT2D eigenvalue weighted by atomic mass is 32.2. The summed E-state index contributed by atoms with van der Waals surface area (Å²) in [5, 5.41) is 3.12. The second kappa shape index (κ2) is 6.14. The van der Waals surface area contributed by atoms with E-state index in [9.17, 15) is 9.18 Å². The van der Waals surface area contributed by atoms with Gasteiger partial charge in [0.15, 0.2) is 0 Å². The van der Waals surface area contributed by atoms with Crippen LogP contribution < -0.4 is 5.32 Å². The van der Waals surface area contributed by atoms with Gasteiger partial charge in [0.05, 0.1) is 0 Å². The third-order valence-corrected chi connectivity index (χ3v) is 4.81. The van der Waals surface area contributed by atoms with Crippen LogP contribution in [0.15, 0.2) is 18.2 Å². The number of benzene rings is 1. The summed E-state index contributed by atoms with van der Waals surface area (Å²) in [6.07, 6.45) is 3.93. The summed E-state index contributed by atoms with van der Waals surface area (Å²) in [6, 6.07) is 4.29. The maximum Gasteiger partial charge on any atom is 0.251 e. The third kappa shape index (κ3) is 3.52. The fourth-order valence-electron chi connectivity index (χ4n) is 2.51. The molecule has 1 aliphatic heterocycles. The Morgan fingerprint density at radius 1 is 1.40 bits per heavy atom. The van der Waals surface area contributed by atoms with Gasteiger partial charge in [-0.2, -0.15) is 0 Å². The van der Waals surface area contributed by atoms with Gasteiger partial charge >= 0.3 is 0 Å². The van der Waals surface area contributed by atoms with Crippen LogP contribution in [-0.4, -0.2) is 35.1 Å². The van der Waals surface area contributed by atoms with Crippen molar-refractivity contribution in [2.24, 2.45) is 0 Å². The Balaban J connectivity index is 2.04. The summed E-state index contributed by atoms with van der Waals surface area (Å²) in [5.74, 6) is -0.416. The SMILES string of the molecule is CSN1CCC(C)(NC(=O)c2ccc(F)cc2C)CC1. The molecule has 0 saturated carbocycles. The van der Waals surface area contributed by atoms with Crippen molar-refractivity contribution in [3.05, 3.63) is 35.1 Å². The van der Waals surface area contributed by atoms with Crippen LogP contribution in [-0.2, 0) is 0 Å². The lowest BCUT2D eigenvalue weighted by Gasteiger charge is -2.39. The molecular formula is C15H21FN2OS. The van der Waals surface area contributed by atoms with E-state index in [1.807, 2.05) is 0 Å². The van der Waals surface area contributed by atoms with Crippen LogP contribution in [0.3, 0.4) is 0 Å². The smallest absolute Gasteiger partial charge is 0.251 e. The van der Waals surface area contributed by atoms with Gasteiger partial charge in [-0.05, 0) is 56.7 Å². The Kier molecular flexibility index (Phi) is 4.70. The largest absolute Gasteiger partial charge is 0.347 e. The summed E-state index contributed by atoms with van der Waals surface area (Å²) in [5.41, 5.74) is 1.05. The van der Waals surface area contributed by atoms with E-state index < -0.39 is 0 Å². The first-order chi connectivity index (χ1) is 9.43. The number of amides is 1. The average Bonchev–Trinajstić information content (AvgIpc) is 2.39. The lowest BCUT2D eigenvalue weighted by molar-refractivity contribution is 0.0873. The molecule has 1 aliphatic rings. The van der Waals surface area contributed by atoms with Crippen LogP contribution in [0.2, 0.25) is 0 Å². The molecule has 1 heterocycles. The zero-order chi connectivity index (χ0) is 14.8. The number of aryl methyl sites for hydroxylation is 1. The molecule has 1 N–H and O–H groups in total. The molecule has 0 spiro atoms. The van der Waals surface area contributed by atoms with E-state index >= 15 is 0 Å². The Labute approximate surface area is 124 Å². The van der Waals surface area contributed by atoms with Crippen molar-refractivity contribution in [2.75, 3.05) is 19.3 Å². The number of carbonyl (C=O) groups excluding carboxylic acids is 1. The van der Waals surface area contributed by atoms with E-state index in [4.69, 9.17) is 0 Å². The minimum atomic E-state index is -0.307. The molecular weight excluding hydrogens is 275 g/mol. The highest BCUT2D eigenvalue weighted by Crippen LogP contribution is 2.25. The van der Waals surface area contributed by atoms with Crippen molar-refractivity contribution in [1.82, 2.24) is 9.62 Å². The molecule has 1 aromatic rings. The second-order valence-corrected chi connectivity index (χ2v) is 6.47. The maximum absolute atomic E-state index is 13.1. The molecule has 5 heteroatoms. The van der Waals surface area contributed by atoms with Crippen LogP contribution in [0.25, 0.3) is 0 Å². The number of hydrogen-bond acceptors (Lipinski definition) is 3. The molecule has 1 saturated heterocycles. The molecule has 1 amide bonds. The number of hydrogen-bond donors (Lipinski definition) is 1. The van der Waals surface area contributed by atoms with E-state index in [2.05, 4.69) is 22.8 Å². The third-order valence-electron chi connectivity index (χ3n) is 3.93. The predicted molar refractivity (Wildman–Crippen MR) is 81.3 cm³/mol. The molecule has 0 unspecified atom stereocenters. The first-order valence-corrected chi connectivity index (χ1v) is 7.99. The zero-order valence-electron chi connectivity index (χ0n) is 12.2. The van der Waals surface area contributed by atoms with E-state index in [0.717, 1.165) is 25.9 Å². The van der Waals surface area contributed by atoms with Crippen molar-refractivity contribution in [3.8, 4) is 0 Å². The quantitative estimate of drug-likeness (QED) is 0.870. The van der Waals surface area contributed by atoms with Crippen LogP contribution in [0.5, 0.6) is 0 Å². The zero-order valence-corrected chi connectivity index (χ0v) is 13.0. The summed E-state index contributed by atoms with van der Waals surface area (Å²) < 4.78 is 15.4. The predicted octanol–water partition coefficient (Wildman–Crippen LogP) is 3.00. The number of carbonyl (C=O) groups is 1. The first-order valence-electron chi connectivity index (χ1n) is 6.81. The average molecular weight is 296 g/mol. The van der Waals surface area contributed by atoms with Crippen molar-refractivity contribution < 1.29 is 9.18 Å². The lowest BCUT2D eigenvalue weighted by atomic mass is 9.90. The van der Waals surface area contributed by atoms with Crippen molar-refractivity contribution in [1.29, 1.82) is 0 Å². The minimum Gasteiger partial charge on any atom is -0.347 e. The van der Waals surface area contributed by atoms with Gasteiger partial charge in [-0.3, -0.25) is 9.10 Å². The molecule has 110 valence electrons. The minimum absolute atomic E-state index is 0.109. The first kappa shape index (κ1) is 15.3. The van der Waals surface area contributed by atoms with E-state index in [-0.39, 0.29) is 17.3 Å². The Bertz CT molecular complexity index is 499. The maximum atomic E-state index is 13.1. The second-order valence-electron chi connectivity index (χ2n) is 5.59. The van der Waals surface area contributed by atoms with Crippen LogP contribution >= 0.6 is 11.9 Å². The lowest BCUT2D eigenvalue weighted by Crippen LogP contribution is -2.52. The van der Waals surface area contributed by atoms with Crippen LogP contribution in [0.4, 0.5) is 4.39 Å². The number of nitrogens with zero attached hydrogens (tertiary/aromatic N) is 1. The number of halogens is 1. The topological polar surface area (TPSA) is 32.3 Å². The van der Waals surface area contributed by atoms with Gasteiger partial charge in [-0.25, -0.2) is 4.39 Å². The van der Waals surface area contributed by atoms with E-state index in [1.165, 1.54) is 12.1 Å². The Morgan fingerprint density at radius 2 is 2.05 bits per heavy atom. The molecule has 0 aliphatic carbocycles. The van der Waals surface area contributed by atoms with Gasteiger partial charge in [0.1, 0.15) is 5.82 Å². The molecule has 0 atom stereocenters. The van der Waals surface area contributed by atoms with Gasteiger partial charge < -0.3 is 5.32 Å². The van der Waals surface area contributed by atoms with Gasteiger partial charge in [0.2, 0.25) is 0 Å². The summed E-state index contributed by atoms with van der Waals surface area (Å²) >= 11 is 1.74. The van der Waals surface area contributed by atoms with Crippen LogP contribution in [0, 0.1) is 12.7 Å². The number of nitrogens with one attached hydrogen (secondary N) is 1. The highest BCUT2D eigenvalue weighted by molar-refractivity contribution is 7.96. The monoisotopic (exact) mass is 296 g/mol. The molecule has 0 radical (unpaired) electrons. The normalized spacial score (nSPS) is 18.8. The summed E-state index contributed by atoms with van der Waals surface area (Å²) in [7, 11) is 0. The Hall–Kier alpha value is -1.07. The van der Waals surface area contributed by atoms with Gasteiger partial charge in [-0.15, -0.1) is 0 Å². The van der Waals surface area contributed by atoms with Gasteiger partial charge in [-0.1, -0.05) is 11.9 Å². The molecule has 1 fully saturated rings. The summed E-state index contributed by atoms with van der Waals surface area (Å²) in [6.45, 7) is 5.79. The van der Waals surface area contributed by atoms with Crippen molar-refractivity contribution in [3.63, 3.8) is 0 Å². The standard InChI is InChI=1S/C15H21FN2OS/c1-11-10-12(16)4-5-13(11)14(19)17-15(2)6-8-18(20-3)9-7-15/h4-5,10H,6-9H2,1-3H3,(H,17,19). The number of piperidine rings is 1. The van der Waals surface area contributed by atoms with E-state index in [0.29, 0.717) is 11.1 Å². The molecule has 20 heavy (non-hydrogen) atoms. The summed E-state index contributed by atoms with van der Waals surface area (Å²) in [4.78, 5) is 12.3. The van der Waals surface area contributed by atoms with Crippen molar-refractivity contribution in [2.45, 2.75) is 32.2 Å². The van der Waals surface area contributed by atoms with Crippen molar-refractivity contribution >= 4 is 17.9 Å². The Morgan fingerprint density at radius 3 is 2.60 bits per heavy atom. The van der Waals surface area contributed by atoms with E-state index in [1.54, 1.807) is 24.9 Å². The number of rotatable bonds is 3. The molecule has 0 aromatic heterocycles. The fraction of sp³-hybridized carbons (Fsp3) is 0.533.